The molecule has 5 rings (SSSR count). The minimum Gasteiger partial charge on any atom is -0.462 e. The Hall–Kier alpha value is -0.790. The molecule has 4 fully saturated rings. The van der Waals surface area contributed by atoms with Crippen molar-refractivity contribution in [2.24, 2.45) is 50.2 Å². The van der Waals surface area contributed by atoms with Crippen molar-refractivity contribution in [3.05, 3.63) is 11.6 Å². The lowest BCUT2D eigenvalue weighted by Gasteiger charge is -2.71. The fourth-order valence-electron chi connectivity index (χ4n) is 11.4. The van der Waals surface area contributed by atoms with E-state index in [2.05, 4.69) is 68.4 Å². The predicted octanol–water partition coefficient (Wildman–Crippen LogP) is 10.3. The van der Waals surface area contributed by atoms with Crippen LogP contribution in [-0.2, 0) is 9.53 Å². The third-order valence-corrected chi connectivity index (χ3v) is 14.3. The van der Waals surface area contributed by atoms with E-state index in [0.717, 1.165) is 37.5 Å². The molecule has 38 heavy (non-hydrogen) atoms. The highest BCUT2D eigenvalue weighted by atomic mass is 16.5. The van der Waals surface area contributed by atoms with Crippen LogP contribution >= 0.6 is 0 Å². The Morgan fingerprint density at radius 3 is 2.29 bits per heavy atom. The number of hydrogen-bond donors (Lipinski definition) is 0. The van der Waals surface area contributed by atoms with Crippen molar-refractivity contribution < 1.29 is 9.53 Å². The standard InChI is InChI=1S/C36H60O2/c1-10-11-12-13-30(37)38-29-17-18-34(7)27(32(29,4)5)16-19-36(9)28(34)15-14-25-26-24-31(2,3)20-21-33(26,6)22-23-35(25,36)8/h14,26-29H,10-13,15-24H2,1-9H3. The monoisotopic (exact) mass is 524 g/mol. The summed E-state index contributed by atoms with van der Waals surface area (Å²) in [5.41, 5.74) is 3.90. The van der Waals surface area contributed by atoms with Crippen molar-refractivity contribution in [1.29, 1.82) is 0 Å². The number of fused-ring (bicyclic) bond motifs is 7. The molecule has 2 nitrogen and oxygen atoms in total. The Balaban J connectivity index is 1.42. The summed E-state index contributed by atoms with van der Waals surface area (Å²) in [6.45, 7) is 22.8. The van der Waals surface area contributed by atoms with E-state index in [4.69, 9.17) is 4.74 Å². The van der Waals surface area contributed by atoms with Gasteiger partial charge >= 0.3 is 5.97 Å². The molecular weight excluding hydrogens is 464 g/mol. The van der Waals surface area contributed by atoms with E-state index in [0.29, 0.717) is 39.4 Å². The molecule has 0 saturated heterocycles. The highest BCUT2D eigenvalue weighted by Crippen LogP contribution is 2.75. The second kappa shape index (κ2) is 9.37. The molecule has 8 atom stereocenters. The van der Waals surface area contributed by atoms with Gasteiger partial charge in [-0.3, -0.25) is 4.79 Å². The van der Waals surface area contributed by atoms with Crippen LogP contribution in [0.15, 0.2) is 11.6 Å². The van der Waals surface area contributed by atoms with Gasteiger partial charge in [-0.2, -0.15) is 0 Å². The van der Waals surface area contributed by atoms with Crippen LogP contribution < -0.4 is 0 Å². The fourth-order valence-corrected chi connectivity index (χ4v) is 11.4. The first kappa shape index (κ1) is 28.7. The van der Waals surface area contributed by atoms with E-state index in [9.17, 15) is 4.79 Å². The normalized spacial score (nSPS) is 47.0. The lowest BCUT2D eigenvalue weighted by atomic mass is 9.33. The smallest absolute Gasteiger partial charge is 0.306 e. The maximum atomic E-state index is 12.7. The lowest BCUT2D eigenvalue weighted by molar-refractivity contribution is -0.212. The van der Waals surface area contributed by atoms with Crippen molar-refractivity contribution in [2.45, 2.75) is 158 Å². The molecule has 0 amide bonds. The van der Waals surface area contributed by atoms with Gasteiger partial charge in [-0.15, -0.1) is 0 Å². The molecule has 0 aromatic rings. The Bertz CT molecular complexity index is 958. The first-order chi connectivity index (χ1) is 17.6. The van der Waals surface area contributed by atoms with Crippen LogP contribution in [0.3, 0.4) is 0 Å². The van der Waals surface area contributed by atoms with E-state index >= 15 is 0 Å². The quantitative estimate of drug-likeness (QED) is 0.203. The number of hydrogen-bond acceptors (Lipinski definition) is 2. The Kier molecular flexibility index (Phi) is 7.09. The zero-order valence-electron chi connectivity index (χ0n) is 26.6. The number of carbonyl (C=O) groups is 1. The molecule has 0 aromatic carbocycles. The van der Waals surface area contributed by atoms with E-state index in [1.807, 2.05) is 5.57 Å². The highest BCUT2D eigenvalue weighted by Gasteiger charge is 2.68. The number of ether oxygens (including phenoxy) is 1. The summed E-state index contributed by atoms with van der Waals surface area (Å²) in [6.07, 6.45) is 19.8. The summed E-state index contributed by atoms with van der Waals surface area (Å²) in [4.78, 5) is 12.7. The molecule has 8 unspecified atom stereocenters. The van der Waals surface area contributed by atoms with Crippen LogP contribution in [-0.4, -0.2) is 12.1 Å². The minimum absolute atomic E-state index is 0.0399. The van der Waals surface area contributed by atoms with Gasteiger partial charge in [-0.25, -0.2) is 0 Å². The van der Waals surface area contributed by atoms with Gasteiger partial charge < -0.3 is 4.74 Å². The number of allylic oxidation sites excluding steroid dienone is 2. The molecule has 2 heteroatoms. The number of rotatable bonds is 5. The molecule has 0 N–H and O–H groups in total. The van der Waals surface area contributed by atoms with Gasteiger partial charge in [0.1, 0.15) is 6.10 Å². The second-order valence-electron chi connectivity index (χ2n) is 17.2. The van der Waals surface area contributed by atoms with E-state index in [1.54, 1.807) is 0 Å². The number of carbonyl (C=O) groups excluding carboxylic acids is 1. The molecule has 5 aliphatic rings. The Labute approximate surface area is 235 Å². The molecule has 216 valence electrons. The minimum atomic E-state index is 0.0399. The lowest BCUT2D eigenvalue weighted by Crippen LogP contribution is -2.64. The van der Waals surface area contributed by atoms with Gasteiger partial charge in [-0.05, 0) is 115 Å². The van der Waals surface area contributed by atoms with Crippen molar-refractivity contribution in [1.82, 2.24) is 0 Å². The summed E-state index contributed by atoms with van der Waals surface area (Å²) < 4.78 is 6.25. The number of esters is 1. The summed E-state index contributed by atoms with van der Waals surface area (Å²) in [7, 11) is 0. The van der Waals surface area contributed by atoms with Crippen LogP contribution in [0.1, 0.15) is 152 Å². The van der Waals surface area contributed by atoms with Gasteiger partial charge in [0, 0.05) is 11.8 Å². The molecule has 5 aliphatic carbocycles. The largest absolute Gasteiger partial charge is 0.462 e. The second-order valence-corrected chi connectivity index (χ2v) is 17.2. The average Bonchev–Trinajstić information content (AvgIpc) is 2.82. The van der Waals surface area contributed by atoms with E-state index in [1.165, 1.54) is 57.8 Å². The topological polar surface area (TPSA) is 26.3 Å². The molecular formula is C36H60O2. The van der Waals surface area contributed by atoms with E-state index < -0.39 is 0 Å². The zero-order valence-corrected chi connectivity index (χ0v) is 26.6. The van der Waals surface area contributed by atoms with Crippen LogP contribution in [0.5, 0.6) is 0 Å². The van der Waals surface area contributed by atoms with Crippen molar-refractivity contribution in [3.8, 4) is 0 Å². The zero-order chi connectivity index (χ0) is 27.8. The fraction of sp³-hybridized carbons (Fsp3) is 0.917. The molecule has 0 heterocycles. The molecule has 0 aliphatic heterocycles. The Morgan fingerprint density at radius 2 is 1.58 bits per heavy atom. The maximum Gasteiger partial charge on any atom is 0.306 e. The van der Waals surface area contributed by atoms with Gasteiger partial charge in [0.05, 0.1) is 0 Å². The van der Waals surface area contributed by atoms with Crippen LogP contribution in [0.25, 0.3) is 0 Å². The average molecular weight is 525 g/mol. The van der Waals surface area contributed by atoms with Gasteiger partial charge in [0.25, 0.3) is 0 Å². The highest BCUT2D eigenvalue weighted by molar-refractivity contribution is 5.69. The first-order valence-electron chi connectivity index (χ1n) is 16.5. The third-order valence-electron chi connectivity index (χ3n) is 14.3. The third kappa shape index (κ3) is 4.19. The van der Waals surface area contributed by atoms with Crippen molar-refractivity contribution >= 4 is 5.97 Å². The van der Waals surface area contributed by atoms with Crippen LogP contribution in [0.2, 0.25) is 0 Å². The summed E-state index contributed by atoms with van der Waals surface area (Å²) >= 11 is 0. The van der Waals surface area contributed by atoms with Crippen LogP contribution in [0.4, 0.5) is 0 Å². The summed E-state index contributed by atoms with van der Waals surface area (Å²) in [6, 6.07) is 0. The summed E-state index contributed by atoms with van der Waals surface area (Å²) in [5.74, 6) is 2.16. The first-order valence-corrected chi connectivity index (χ1v) is 16.5. The van der Waals surface area contributed by atoms with Crippen molar-refractivity contribution in [3.63, 3.8) is 0 Å². The molecule has 0 radical (unpaired) electrons. The van der Waals surface area contributed by atoms with Crippen LogP contribution in [0, 0.1) is 50.2 Å². The maximum absolute atomic E-state index is 12.7. The molecule has 0 bridgehead atoms. The van der Waals surface area contributed by atoms with Gasteiger partial charge in [0.2, 0.25) is 0 Å². The van der Waals surface area contributed by atoms with Gasteiger partial charge in [-0.1, -0.05) is 86.8 Å². The molecule has 4 saturated carbocycles. The molecule has 0 aromatic heterocycles. The molecule has 0 spiro atoms. The SMILES string of the molecule is CCCCCC(=O)OC1CCC2(C)C(CCC3(C)C2CC=C2C4CC(C)(C)CCC4(C)CCC23C)C1(C)C. The predicted molar refractivity (Wildman–Crippen MR) is 159 cm³/mol. The number of unbranched alkanes of at least 4 members (excludes halogenated alkanes) is 2. The summed E-state index contributed by atoms with van der Waals surface area (Å²) in [5, 5.41) is 0. The van der Waals surface area contributed by atoms with Gasteiger partial charge in [0.15, 0.2) is 0 Å². The van der Waals surface area contributed by atoms with Crippen molar-refractivity contribution in [2.75, 3.05) is 0 Å². The van der Waals surface area contributed by atoms with E-state index in [-0.39, 0.29) is 17.5 Å². The Morgan fingerprint density at radius 1 is 0.868 bits per heavy atom.